The molecule has 2 aromatic rings. The minimum absolute atomic E-state index is 0.0925. The maximum absolute atomic E-state index is 4.25. The van der Waals surface area contributed by atoms with E-state index in [1.165, 1.54) is 6.33 Å². The summed E-state index contributed by atoms with van der Waals surface area (Å²) in [5.74, 6) is 0. The summed E-state index contributed by atoms with van der Waals surface area (Å²) in [7, 11) is 3.86. The third kappa shape index (κ3) is 1.81. The highest BCUT2D eigenvalue weighted by atomic mass is 15.3. The van der Waals surface area contributed by atoms with Crippen LogP contribution in [-0.4, -0.2) is 26.8 Å². The van der Waals surface area contributed by atoms with E-state index >= 15 is 0 Å². The molecule has 0 amide bonds. The molecule has 2 aromatic heterocycles. The van der Waals surface area contributed by atoms with Crippen LogP contribution in [0.25, 0.3) is 0 Å². The second-order valence-electron chi connectivity index (χ2n) is 3.70. The fraction of sp³-hybridized carbons (Fsp3) is 0.364. The smallest absolute Gasteiger partial charge is 0.115 e. The second-order valence-corrected chi connectivity index (χ2v) is 3.70. The van der Waals surface area contributed by atoms with E-state index in [9.17, 15) is 0 Å². The van der Waals surface area contributed by atoms with E-state index in [-0.39, 0.29) is 6.04 Å². The van der Waals surface area contributed by atoms with Crippen LogP contribution in [0, 0.1) is 6.92 Å². The van der Waals surface area contributed by atoms with Gasteiger partial charge in [-0.15, -0.1) is 0 Å². The summed E-state index contributed by atoms with van der Waals surface area (Å²) >= 11 is 0. The number of aryl methyl sites for hydroxylation is 1. The third-order valence-electron chi connectivity index (χ3n) is 2.79. The van der Waals surface area contributed by atoms with Gasteiger partial charge in [0.15, 0.2) is 0 Å². The summed E-state index contributed by atoms with van der Waals surface area (Å²) in [5, 5.41) is 7.50. The highest BCUT2D eigenvalue weighted by Gasteiger charge is 2.17. The first kappa shape index (κ1) is 10.8. The second kappa shape index (κ2) is 4.40. The van der Waals surface area contributed by atoms with Crippen LogP contribution in [0.1, 0.15) is 22.9 Å². The summed E-state index contributed by atoms with van der Waals surface area (Å²) in [5.41, 5.74) is 3.34. The lowest BCUT2D eigenvalue weighted by Gasteiger charge is -2.15. The monoisotopic (exact) mass is 217 g/mol. The fourth-order valence-corrected chi connectivity index (χ4v) is 1.76. The Morgan fingerprint density at radius 1 is 1.25 bits per heavy atom. The molecule has 1 unspecified atom stereocenters. The van der Waals surface area contributed by atoms with Gasteiger partial charge >= 0.3 is 0 Å². The van der Waals surface area contributed by atoms with Gasteiger partial charge in [-0.2, -0.15) is 5.10 Å². The van der Waals surface area contributed by atoms with Gasteiger partial charge < -0.3 is 5.32 Å². The molecule has 2 rings (SSSR count). The molecular weight excluding hydrogens is 202 g/mol. The molecule has 0 bridgehead atoms. The molecule has 0 saturated carbocycles. The van der Waals surface area contributed by atoms with E-state index < -0.39 is 0 Å². The van der Waals surface area contributed by atoms with Gasteiger partial charge in [-0.1, -0.05) is 0 Å². The van der Waals surface area contributed by atoms with Crippen LogP contribution in [-0.2, 0) is 7.05 Å². The lowest BCUT2D eigenvalue weighted by molar-refractivity contribution is 0.673. The molecular formula is C11H15N5. The molecule has 16 heavy (non-hydrogen) atoms. The number of hydrogen-bond acceptors (Lipinski definition) is 4. The largest absolute Gasteiger partial charge is 0.309 e. The molecule has 0 fully saturated rings. The predicted molar refractivity (Wildman–Crippen MR) is 60.9 cm³/mol. The highest BCUT2D eigenvalue weighted by Crippen LogP contribution is 2.22. The first-order chi connectivity index (χ1) is 7.74. The molecule has 0 aliphatic carbocycles. The van der Waals surface area contributed by atoms with Gasteiger partial charge in [-0.05, 0) is 14.0 Å². The van der Waals surface area contributed by atoms with Crippen molar-refractivity contribution in [1.29, 1.82) is 0 Å². The Kier molecular flexibility index (Phi) is 2.96. The number of nitrogens with zero attached hydrogens (tertiary/aromatic N) is 4. The van der Waals surface area contributed by atoms with Crippen LogP contribution in [0.5, 0.6) is 0 Å². The highest BCUT2D eigenvalue weighted by molar-refractivity contribution is 5.29. The third-order valence-corrected chi connectivity index (χ3v) is 2.79. The van der Waals surface area contributed by atoms with Crippen LogP contribution in [0.2, 0.25) is 0 Å². The molecule has 5 heteroatoms. The fourth-order valence-electron chi connectivity index (χ4n) is 1.76. The van der Waals surface area contributed by atoms with Crippen molar-refractivity contribution in [3.8, 4) is 0 Å². The summed E-state index contributed by atoms with van der Waals surface area (Å²) in [4.78, 5) is 8.07. The molecule has 0 radical (unpaired) electrons. The molecule has 0 aliphatic heterocycles. The Bertz CT molecular complexity index is 462. The SMILES string of the molecule is CNC(c1cncnc1)c1cnn(C)c1C. The van der Waals surface area contributed by atoms with E-state index in [0.717, 1.165) is 16.8 Å². The van der Waals surface area contributed by atoms with Gasteiger partial charge in [0.25, 0.3) is 0 Å². The van der Waals surface area contributed by atoms with Gasteiger partial charge in [0.2, 0.25) is 0 Å². The molecule has 0 saturated heterocycles. The molecule has 1 N–H and O–H groups in total. The molecule has 5 nitrogen and oxygen atoms in total. The summed E-state index contributed by atoms with van der Waals surface area (Å²) in [6.45, 7) is 2.05. The van der Waals surface area contributed by atoms with Crippen molar-refractivity contribution in [2.75, 3.05) is 7.05 Å². The van der Waals surface area contributed by atoms with Crippen LogP contribution in [0.4, 0.5) is 0 Å². The summed E-state index contributed by atoms with van der Waals surface area (Å²) < 4.78 is 1.86. The maximum atomic E-state index is 4.25. The standard InChI is InChI=1S/C11H15N5/c1-8-10(6-15-16(8)3)11(12-2)9-4-13-7-14-5-9/h4-7,11-12H,1-3H3. The Labute approximate surface area is 94.5 Å². The Morgan fingerprint density at radius 3 is 2.44 bits per heavy atom. The van der Waals surface area contributed by atoms with Crippen LogP contribution in [0.15, 0.2) is 24.9 Å². The molecule has 0 aromatic carbocycles. The first-order valence-electron chi connectivity index (χ1n) is 5.14. The van der Waals surface area contributed by atoms with Gasteiger partial charge in [0.1, 0.15) is 6.33 Å². The zero-order chi connectivity index (χ0) is 11.5. The Morgan fingerprint density at radius 2 is 1.94 bits per heavy atom. The van der Waals surface area contributed by atoms with Gasteiger partial charge in [-0.25, -0.2) is 9.97 Å². The van der Waals surface area contributed by atoms with E-state index in [2.05, 4.69) is 27.3 Å². The molecule has 84 valence electrons. The molecule has 0 spiro atoms. The van der Waals surface area contributed by atoms with Gasteiger partial charge in [-0.3, -0.25) is 4.68 Å². The zero-order valence-electron chi connectivity index (χ0n) is 9.68. The number of nitrogens with one attached hydrogen (secondary N) is 1. The van der Waals surface area contributed by atoms with Crippen molar-refractivity contribution < 1.29 is 0 Å². The van der Waals surface area contributed by atoms with Crippen LogP contribution < -0.4 is 5.32 Å². The average molecular weight is 217 g/mol. The lowest BCUT2D eigenvalue weighted by Crippen LogP contribution is -2.18. The molecule has 2 heterocycles. The first-order valence-corrected chi connectivity index (χ1v) is 5.14. The average Bonchev–Trinajstić information content (AvgIpc) is 2.64. The topological polar surface area (TPSA) is 55.6 Å². The van der Waals surface area contributed by atoms with Gasteiger partial charge in [0, 0.05) is 36.3 Å². The predicted octanol–water partition coefficient (Wildman–Crippen LogP) is 0.827. The van der Waals surface area contributed by atoms with Crippen molar-refractivity contribution in [3.63, 3.8) is 0 Å². The van der Waals surface area contributed by atoms with E-state index in [1.54, 1.807) is 0 Å². The Balaban J connectivity index is 2.41. The molecule has 1 atom stereocenters. The van der Waals surface area contributed by atoms with Crippen molar-refractivity contribution in [1.82, 2.24) is 25.1 Å². The van der Waals surface area contributed by atoms with E-state index in [1.807, 2.05) is 37.4 Å². The van der Waals surface area contributed by atoms with E-state index in [0.29, 0.717) is 0 Å². The van der Waals surface area contributed by atoms with Crippen molar-refractivity contribution >= 4 is 0 Å². The zero-order valence-corrected chi connectivity index (χ0v) is 9.68. The van der Waals surface area contributed by atoms with E-state index in [4.69, 9.17) is 0 Å². The number of aromatic nitrogens is 4. The minimum Gasteiger partial charge on any atom is -0.309 e. The van der Waals surface area contributed by atoms with Crippen LogP contribution >= 0.6 is 0 Å². The number of rotatable bonds is 3. The van der Waals surface area contributed by atoms with Crippen molar-refractivity contribution in [2.45, 2.75) is 13.0 Å². The van der Waals surface area contributed by atoms with Crippen molar-refractivity contribution in [2.24, 2.45) is 7.05 Å². The van der Waals surface area contributed by atoms with Crippen molar-refractivity contribution in [3.05, 3.63) is 41.7 Å². The van der Waals surface area contributed by atoms with Gasteiger partial charge in [0.05, 0.1) is 12.2 Å². The minimum atomic E-state index is 0.0925. The summed E-state index contributed by atoms with van der Waals surface area (Å²) in [6, 6.07) is 0.0925. The Hall–Kier alpha value is -1.75. The molecule has 0 aliphatic rings. The maximum Gasteiger partial charge on any atom is 0.115 e. The lowest BCUT2D eigenvalue weighted by atomic mass is 10.0. The quantitative estimate of drug-likeness (QED) is 0.827. The normalized spacial score (nSPS) is 12.7. The summed E-state index contributed by atoms with van der Waals surface area (Å²) in [6.07, 6.45) is 7.05. The van der Waals surface area contributed by atoms with Crippen LogP contribution in [0.3, 0.4) is 0 Å². The number of hydrogen-bond donors (Lipinski definition) is 1.